The quantitative estimate of drug-likeness (QED) is 0.461. The Morgan fingerprint density at radius 1 is 1.10 bits per heavy atom. The van der Waals surface area contributed by atoms with Crippen LogP contribution in [0.2, 0.25) is 10.0 Å². The van der Waals surface area contributed by atoms with Crippen LogP contribution in [0.5, 0.6) is 0 Å². The van der Waals surface area contributed by atoms with Crippen molar-refractivity contribution >= 4 is 58.2 Å². The molecule has 10 heteroatoms. The lowest BCUT2D eigenvalue weighted by Gasteiger charge is -2.12. The molecule has 0 atom stereocenters. The van der Waals surface area contributed by atoms with Crippen LogP contribution in [-0.2, 0) is 9.59 Å². The maximum atomic E-state index is 12.5. The number of para-hydroxylation sites is 1. The van der Waals surface area contributed by atoms with Gasteiger partial charge in [-0.25, -0.2) is 0 Å². The Morgan fingerprint density at radius 2 is 1.81 bits per heavy atom. The van der Waals surface area contributed by atoms with Gasteiger partial charge in [-0.15, -0.1) is 10.2 Å². The van der Waals surface area contributed by atoms with Gasteiger partial charge in [0.15, 0.2) is 5.16 Å². The summed E-state index contributed by atoms with van der Waals surface area (Å²) in [6, 6.07) is 12.5. The van der Waals surface area contributed by atoms with Gasteiger partial charge in [-0.3, -0.25) is 14.2 Å². The molecule has 2 N–H and O–H groups in total. The van der Waals surface area contributed by atoms with E-state index in [2.05, 4.69) is 20.8 Å². The SMILES string of the molecule is CC(=O)Nc1cccc(-n2c(SCC(=O)Nc3c(Cl)cccc3Cl)nnc2C2CC2)c1. The van der Waals surface area contributed by atoms with Crippen molar-refractivity contribution in [3.05, 3.63) is 58.3 Å². The predicted molar refractivity (Wildman–Crippen MR) is 123 cm³/mol. The molecule has 0 bridgehead atoms. The normalized spacial score (nSPS) is 13.1. The highest BCUT2D eigenvalue weighted by Crippen LogP contribution is 2.41. The molecule has 31 heavy (non-hydrogen) atoms. The minimum Gasteiger partial charge on any atom is -0.326 e. The summed E-state index contributed by atoms with van der Waals surface area (Å²) in [6.45, 7) is 1.46. The molecule has 0 unspecified atom stereocenters. The van der Waals surface area contributed by atoms with Gasteiger partial charge in [0, 0.05) is 18.5 Å². The van der Waals surface area contributed by atoms with Crippen molar-refractivity contribution in [2.24, 2.45) is 0 Å². The first-order valence-electron chi connectivity index (χ1n) is 9.62. The molecule has 2 amide bonds. The molecule has 160 valence electrons. The Kier molecular flexibility index (Phi) is 6.50. The number of nitrogens with one attached hydrogen (secondary N) is 2. The summed E-state index contributed by atoms with van der Waals surface area (Å²) < 4.78 is 1.95. The molecule has 1 saturated carbocycles. The molecule has 1 aliphatic rings. The van der Waals surface area contributed by atoms with E-state index >= 15 is 0 Å². The fraction of sp³-hybridized carbons (Fsp3) is 0.238. The molecule has 0 radical (unpaired) electrons. The van der Waals surface area contributed by atoms with E-state index in [0.29, 0.717) is 32.5 Å². The van der Waals surface area contributed by atoms with Crippen LogP contribution in [0.1, 0.15) is 31.5 Å². The first kappa shape index (κ1) is 21.7. The van der Waals surface area contributed by atoms with E-state index in [9.17, 15) is 9.59 Å². The number of hydrogen-bond acceptors (Lipinski definition) is 5. The molecule has 2 aromatic carbocycles. The summed E-state index contributed by atoms with van der Waals surface area (Å²) in [6.07, 6.45) is 2.11. The number of hydrogen-bond donors (Lipinski definition) is 2. The van der Waals surface area contributed by atoms with Crippen LogP contribution < -0.4 is 10.6 Å². The van der Waals surface area contributed by atoms with Gasteiger partial charge in [0.1, 0.15) is 5.82 Å². The number of benzene rings is 2. The second kappa shape index (κ2) is 9.30. The van der Waals surface area contributed by atoms with Crippen LogP contribution in [0.4, 0.5) is 11.4 Å². The van der Waals surface area contributed by atoms with E-state index in [1.807, 2.05) is 28.8 Å². The van der Waals surface area contributed by atoms with Gasteiger partial charge in [-0.1, -0.05) is 47.1 Å². The Labute approximate surface area is 193 Å². The summed E-state index contributed by atoms with van der Waals surface area (Å²) in [7, 11) is 0. The van der Waals surface area contributed by atoms with Gasteiger partial charge in [0.05, 0.1) is 27.2 Å². The van der Waals surface area contributed by atoms with Crippen molar-refractivity contribution in [2.75, 3.05) is 16.4 Å². The highest BCUT2D eigenvalue weighted by molar-refractivity contribution is 7.99. The van der Waals surface area contributed by atoms with Gasteiger partial charge < -0.3 is 10.6 Å². The number of amides is 2. The van der Waals surface area contributed by atoms with Crippen molar-refractivity contribution in [3.63, 3.8) is 0 Å². The fourth-order valence-electron chi connectivity index (χ4n) is 3.07. The standard InChI is InChI=1S/C21H19Cl2N5O2S/c1-12(29)24-14-4-2-5-15(10-14)28-20(13-8-9-13)26-27-21(28)31-11-18(30)25-19-16(22)6-3-7-17(19)23/h2-7,10,13H,8-9,11H2,1H3,(H,24,29)(H,25,30). The largest absolute Gasteiger partial charge is 0.326 e. The van der Waals surface area contributed by atoms with Crippen molar-refractivity contribution in [2.45, 2.75) is 30.8 Å². The third kappa shape index (κ3) is 5.20. The molecule has 7 nitrogen and oxygen atoms in total. The van der Waals surface area contributed by atoms with Gasteiger partial charge in [-0.05, 0) is 43.2 Å². The molecule has 0 aliphatic heterocycles. The molecule has 1 aromatic heterocycles. The van der Waals surface area contributed by atoms with Crippen molar-refractivity contribution in [1.82, 2.24) is 14.8 Å². The number of carbonyl (C=O) groups is 2. The zero-order chi connectivity index (χ0) is 22.0. The summed E-state index contributed by atoms with van der Waals surface area (Å²) in [5, 5.41) is 15.6. The number of nitrogens with zero attached hydrogens (tertiary/aromatic N) is 3. The third-order valence-electron chi connectivity index (χ3n) is 4.59. The number of anilines is 2. The van der Waals surface area contributed by atoms with E-state index in [1.165, 1.54) is 18.7 Å². The first-order chi connectivity index (χ1) is 14.9. The number of carbonyl (C=O) groups excluding carboxylic acids is 2. The zero-order valence-electron chi connectivity index (χ0n) is 16.6. The van der Waals surface area contributed by atoms with Gasteiger partial charge in [0.2, 0.25) is 11.8 Å². The molecule has 1 aliphatic carbocycles. The minimum atomic E-state index is -0.255. The number of aromatic nitrogens is 3. The van der Waals surface area contributed by atoms with E-state index in [4.69, 9.17) is 23.2 Å². The maximum absolute atomic E-state index is 12.5. The monoisotopic (exact) mass is 475 g/mol. The van der Waals surface area contributed by atoms with Crippen LogP contribution in [-0.4, -0.2) is 32.3 Å². The van der Waals surface area contributed by atoms with E-state index < -0.39 is 0 Å². The Hall–Kier alpha value is -2.55. The molecular weight excluding hydrogens is 457 g/mol. The predicted octanol–water partition coefficient (Wildman–Crippen LogP) is 5.14. The average molecular weight is 476 g/mol. The lowest BCUT2D eigenvalue weighted by Crippen LogP contribution is -2.15. The van der Waals surface area contributed by atoms with Gasteiger partial charge >= 0.3 is 0 Å². The second-order valence-corrected chi connectivity index (χ2v) is 8.87. The van der Waals surface area contributed by atoms with E-state index in [1.54, 1.807) is 18.2 Å². The van der Waals surface area contributed by atoms with Crippen LogP contribution in [0.3, 0.4) is 0 Å². The van der Waals surface area contributed by atoms with E-state index in [0.717, 1.165) is 24.4 Å². The number of halogens is 2. The molecule has 1 heterocycles. The molecule has 0 saturated heterocycles. The van der Waals surface area contributed by atoms with Crippen LogP contribution in [0.15, 0.2) is 47.6 Å². The number of rotatable bonds is 7. The smallest absolute Gasteiger partial charge is 0.234 e. The van der Waals surface area contributed by atoms with Gasteiger partial charge in [0.25, 0.3) is 0 Å². The Balaban J connectivity index is 1.54. The summed E-state index contributed by atoms with van der Waals surface area (Å²) in [4.78, 5) is 23.9. The number of thioether (sulfide) groups is 1. The first-order valence-corrected chi connectivity index (χ1v) is 11.4. The van der Waals surface area contributed by atoms with Crippen molar-refractivity contribution in [3.8, 4) is 5.69 Å². The lowest BCUT2D eigenvalue weighted by atomic mass is 10.2. The summed E-state index contributed by atoms with van der Waals surface area (Å²) in [5.41, 5.74) is 1.90. The summed E-state index contributed by atoms with van der Waals surface area (Å²) in [5.74, 6) is 0.914. The highest BCUT2D eigenvalue weighted by Gasteiger charge is 2.31. The molecule has 1 fully saturated rings. The minimum absolute atomic E-state index is 0.107. The lowest BCUT2D eigenvalue weighted by molar-refractivity contribution is -0.114. The zero-order valence-corrected chi connectivity index (χ0v) is 18.9. The molecule has 4 rings (SSSR count). The Morgan fingerprint density at radius 3 is 2.48 bits per heavy atom. The van der Waals surface area contributed by atoms with Crippen molar-refractivity contribution in [1.29, 1.82) is 0 Å². The van der Waals surface area contributed by atoms with Crippen molar-refractivity contribution < 1.29 is 9.59 Å². The third-order valence-corrected chi connectivity index (χ3v) is 6.14. The average Bonchev–Trinajstić information content (AvgIpc) is 3.48. The van der Waals surface area contributed by atoms with Crippen LogP contribution in [0, 0.1) is 0 Å². The van der Waals surface area contributed by atoms with Gasteiger partial charge in [-0.2, -0.15) is 0 Å². The maximum Gasteiger partial charge on any atom is 0.234 e. The van der Waals surface area contributed by atoms with Crippen LogP contribution >= 0.6 is 35.0 Å². The molecule has 0 spiro atoms. The molecule has 3 aromatic rings. The Bertz CT molecular complexity index is 1130. The van der Waals surface area contributed by atoms with Crippen LogP contribution in [0.25, 0.3) is 5.69 Å². The topological polar surface area (TPSA) is 88.9 Å². The summed E-state index contributed by atoms with van der Waals surface area (Å²) >= 11 is 13.5. The fourth-order valence-corrected chi connectivity index (χ4v) is 4.32. The molecular formula is C21H19Cl2N5O2S. The second-order valence-electron chi connectivity index (χ2n) is 7.12. The highest BCUT2D eigenvalue weighted by atomic mass is 35.5. The van der Waals surface area contributed by atoms with E-state index in [-0.39, 0.29) is 17.6 Å².